The first-order valence-corrected chi connectivity index (χ1v) is 10.2. The number of hydrogen-bond donors (Lipinski definition) is 2. The van der Waals surface area contributed by atoms with E-state index in [2.05, 4.69) is 10.6 Å². The van der Waals surface area contributed by atoms with Gasteiger partial charge in [-0.05, 0) is 80.2 Å². The minimum atomic E-state index is -0.300. The number of carbonyl (C=O) groups is 1. The van der Waals surface area contributed by atoms with Gasteiger partial charge in [-0.3, -0.25) is 10.1 Å². The highest BCUT2D eigenvalue weighted by atomic mass is 32.1. The molecule has 0 fully saturated rings. The van der Waals surface area contributed by atoms with Crippen LogP contribution in [0.2, 0.25) is 0 Å². The number of para-hydroxylation sites is 1. The third-order valence-corrected chi connectivity index (χ3v) is 4.53. The fourth-order valence-electron chi connectivity index (χ4n) is 2.59. The number of ether oxygens (including phenoxy) is 2. The Balaban J connectivity index is 1.55. The van der Waals surface area contributed by atoms with Crippen molar-refractivity contribution in [1.29, 1.82) is 0 Å². The summed E-state index contributed by atoms with van der Waals surface area (Å²) >= 11 is 5.27. The van der Waals surface area contributed by atoms with Gasteiger partial charge in [-0.25, -0.2) is 0 Å². The van der Waals surface area contributed by atoms with Crippen LogP contribution in [0.4, 0.5) is 5.69 Å². The topological polar surface area (TPSA) is 59.6 Å². The number of anilines is 1. The third kappa shape index (κ3) is 6.32. The molecule has 1 atom stereocenters. The highest BCUT2D eigenvalue weighted by Crippen LogP contribution is 2.22. The molecule has 0 spiro atoms. The molecule has 154 valence electrons. The maximum Gasteiger partial charge on any atom is 0.257 e. The fourth-order valence-corrected chi connectivity index (χ4v) is 2.81. The van der Waals surface area contributed by atoms with Gasteiger partial charge in [0, 0.05) is 11.3 Å². The van der Waals surface area contributed by atoms with E-state index in [-0.39, 0.29) is 17.1 Å². The van der Waals surface area contributed by atoms with Crippen molar-refractivity contribution in [2.45, 2.75) is 26.4 Å². The molecule has 0 aliphatic heterocycles. The molecule has 0 heterocycles. The van der Waals surface area contributed by atoms with E-state index in [1.54, 1.807) is 18.2 Å². The zero-order valence-electron chi connectivity index (χ0n) is 16.9. The molecule has 1 amide bonds. The van der Waals surface area contributed by atoms with Gasteiger partial charge in [-0.1, -0.05) is 31.2 Å². The smallest absolute Gasteiger partial charge is 0.257 e. The van der Waals surface area contributed by atoms with Gasteiger partial charge < -0.3 is 14.8 Å². The number of thiocarbonyl (C=S) groups is 1. The largest absolute Gasteiger partial charge is 0.491 e. The lowest BCUT2D eigenvalue weighted by atomic mass is 10.2. The summed E-state index contributed by atoms with van der Waals surface area (Å²) in [6.07, 6.45) is 0.972. The Morgan fingerprint density at radius 2 is 1.60 bits per heavy atom. The maximum absolute atomic E-state index is 12.5. The average Bonchev–Trinajstić information content (AvgIpc) is 2.76. The first-order chi connectivity index (χ1) is 14.5. The number of benzene rings is 3. The van der Waals surface area contributed by atoms with E-state index in [0.717, 1.165) is 17.9 Å². The van der Waals surface area contributed by atoms with Gasteiger partial charge in [-0.2, -0.15) is 0 Å². The van der Waals surface area contributed by atoms with Gasteiger partial charge in [0.1, 0.15) is 17.2 Å². The molecular formula is C24H24N2O3S. The lowest BCUT2D eigenvalue weighted by molar-refractivity contribution is 0.0977. The van der Waals surface area contributed by atoms with Gasteiger partial charge in [0.05, 0.1) is 6.10 Å². The van der Waals surface area contributed by atoms with Gasteiger partial charge in [0.2, 0.25) is 0 Å². The van der Waals surface area contributed by atoms with Crippen LogP contribution in [0.5, 0.6) is 17.2 Å². The average molecular weight is 421 g/mol. The molecule has 0 aliphatic rings. The van der Waals surface area contributed by atoms with Crippen molar-refractivity contribution in [3.63, 3.8) is 0 Å². The van der Waals surface area contributed by atoms with E-state index in [0.29, 0.717) is 17.1 Å². The standard InChI is InChI=1S/C24H24N2O3S/c1-3-17(2)28-22-11-7-8-18(16-22)23(27)26-24(30)25-19-12-14-21(15-13-19)29-20-9-5-4-6-10-20/h4-17H,3H2,1-2H3,(H2,25,26,27,30). The predicted molar refractivity (Wildman–Crippen MR) is 123 cm³/mol. The summed E-state index contributed by atoms with van der Waals surface area (Å²) in [7, 11) is 0. The van der Waals surface area contributed by atoms with Crippen LogP contribution in [0.25, 0.3) is 0 Å². The van der Waals surface area contributed by atoms with Crippen molar-refractivity contribution in [1.82, 2.24) is 5.32 Å². The second-order valence-corrected chi connectivity index (χ2v) is 7.12. The number of nitrogens with one attached hydrogen (secondary N) is 2. The second kappa shape index (κ2) is 10.4. The highest BCUT2D eigenvalue weighted by molar-refractivity contribution is 7.80. The fraction of sp³-hybridized carbons (Fsp3) is 0.167. The number of amides is 1. The lowest BCUT2D eigenvalue weighted by Gasteiger charge is -2.14. The van der Waals surface area contributed by atoms with Crippen LogP contribution in [-0.2, 0) is 0 Å². The van der Waals surface area contributed by atoms with E-state index in [1.165, 1.54) is 0 Å². The molecule has 2 N–H and O–H groups in total. The van der Waals surface area contributed by atoms with Crippen molar-refractivity contribution in [2.24, 2.45) is 0 Å². The minimum Gasteiger partial charge on any atom is -0.491 e. The molecule has 6 heteroatoms. The van der Waals surface area contributed by atoms with Gasteiger partial charge in [0.15, 0.2) is 5.11 Å². The molecule has 0 aromatic heterocycles. The molecular weight excluding hydrogens is 396 g/mol. The summed E-state index contributed by atoms with van der Waals surface area (Å²) in [5.74, 6) is 1.83. The molecule has 3 aromatic rings. The Hall–Kier alpha value is -3.38. The quantitative estimate of drug-likeness (QED) is 0.474. The molecule has 3 aromatic carbocycles. The molecule has 5 nitrogen and oxygen atoms in total. The highest BCUT2D eigenvalue weighted by Gasteiger charge is 2.10. The van der Waals surface area contributed by atoms with Crippen molar-refractivity contribution in [3.8, 4) is 17.2 Å². The van der Waals surface area contributed by atoms with E-state index in [1.807, 2.05) is 74.5 Å². The predicted octanol–water partition coefficient (Wildman–Crippen LogP) is 5.78. The Kier molecular flexibility index (Phi) is 7.40. The van der Waals surface area contributed by atoms with Crippen molar-refractivity contribution in [2.75, 3.05) is 5.32 Å². The van der Waals surface area contributed by atoms with Gasteiger partial charge in [-0.15, -0.1) is 0 Å². The van der Waals surface area contributed by atoms with Crippen LogP contribution in [-0.4, -0.2) is 17.1 Å². The van der Waals surface area contributed by atoms with Gasteiger partial charge >= 0.3 is 0 Å². The van der Waals surface area contributed by atoms with Crippen LogP contribution in [0.1, 0.15) is 30.6 Å². The molecule has 0 saturated carbocycles. The van der Waals surface area contributed by atoms with Crippen LogP contribution in [0.3, 0.4) is 0 Å². The molecule has 0 aliphatic carbocycles. The summed E-state index contributed by atoms with van der Waals surface area (Å²) in [5, 5.41) is 5.90. The van der Waals surface area contributed by atoms with Crippen molar-refractivity contribution >= 4 is 28.9 Å². The molecule has 0 bridgehead atoms. The van der Waals surface area contributed by atoms with Crippen LogP contribution in [0.15, 0.2) is 78.9 Å². The second-order valence-electron chi connectivity index (χ2n) is 6.71. The van der Waals surface area contributed by atoms with E-state index >= 15 is 0 Å². The summed E-state index contributed by atoms with van der Waals surface area (Å²) in [6, 6.07) is 23.9. The Bertz CT molecular complexity index is 991. The van der Waals surface area contributed by atoms with E-state index in [9.17, 15) is 4.79 Å². The number of carbonyl (C=O) groups excluding carboxylic acids is 1. The Morgan fingerprint density at radius 3 is 2.30 bits per heavy atom. The zero-order chi connectivity index (χ0) is 21.3. The monoisotopic (exact) mass is 420 g/mol. The molecule has 0 radical (unpaired) electrons. The third-order valence-electron chi connectivity index (χ3n) is 4.33. The van der Waals surface area contributed by atoms with Crippen LogP contribution >= 0.6 is 12.2 Å². The molecule has 0 saturated heterocycles. The van der Waals surface area contributed by atoms with Crippen LogP contribution < -0.4 is 20.1 Å². The van der Waals surface area contributed by atoms with Gasteiger partial charge in [0.25, 0.3) is 5.91 Å². The summed E-state index contributed by atoms with van der Waals surface area (Å²) < 4.78 is 11.5. The summed E-state index contributed by atoms with van der Waals surface area (Å²) in [4.78, 5) is 12.5. The maximum atomic E-state index is 12.5. The van der Waals surface area contributed by atoms with Crippen molar-refractivity contribution in [3.05, 3.63) is 84.4 Å². The Labute approximate surface area is 182 Å². The molecule has 1 unspecified atom stereocenters. The lowest BCUT2D eigenvalue weighted by Crippen LogP contribution is -2.34. The summed E-state index contributed by atoms with van der Waals surface area (Å²) in [5.41, 5.74) is 1.22. The number of hydrogen-bond acceptors (Lipinski definition) is 4. The molecule has 30 heavy (non-hydrogen) atoms. The molecule has 3 rings (SSSR count). The van der Waals surface area contributed by atoms with E-state index < -0.39 is 0 Å². The zero-order valence-corrected chi connectivity index (χ0v) is 17.7. The number of rotatable bonds is 7. The van der Waals surface area contributed by atoms with E-state index in [4.69, 9.17) is 21.7 Å². The van der Waals surface area contributed by atoms with Crippen molar-refractivity contribution < 1.29 is 14.3 Å². The first-order valence-electron chi connectivity index (χ1n) is 9.75. The first kappa shape index (κ1) is 21.3. The normalized spacial score (nSPS) is 11.3. The van der Waals surface area contributed by atoms with Crippen LogP contribution in [0, 0.1) is 0 Å². The minimum absolute atomic E-state index is 0.0832. The summed E-state index contributed by atoms with van der Waals surface area (Å²) in [6.45, 7) is 4.04. The Morgan fingerprint density at radius 1 is 0.933 bits per heavy atom. The SMILES string of the molecule is CCC(C)Oc1cccc(C(=O)NC(=S)Nc2ccc(Oc3ccccc3)cc2)c1.